The molecule has 1 amide bonds. The van der Waals surface area contributed by atoms with E-state index in [9.17, 15) is 4.79 Å². The highest BCUT2D eigenvalue weighted by molar-refractivity contribution is 6.30. The molecule has 0 heterocycles. The van der Waals surface area contributed by atoms with Crippen LogP contribution in [0.4, 0.5) is 0 Å². The molecule has 0 aromatic heterocycles. The summed E-state index contributed by atoms with van der Waals surface area (Å²) in [4.78, 5) is 11.7. The molecule has 0 saturated carbocycles. The number of ether oxygens (including phenoxy) is 1. The zero-order valence-electron chi connectivity index (χ0n) is 10.8. The molecule has 1 aromatic carbocycles. The highest BCUT2D eigenvalue weighted by atomic mass is 35.5. The maximum Gasteiger partial charge on any atom is 0.224 e. The van der Waals surface area contributed by atoms with Crippen molar-refractivity contribution < 1.29 is 9.53 Å². The van der Waals surface area contributed by atoms with E-state index in [1.54, 1.807) is 25.3 Å². The van der Waals surface area contributed by atoms with Crippen molar-refractivity contribution in [2.24, 2.45) is 0 Å². The maximum atomic E-state index is 11.7. The van der Waals surface area contributed by atoms with Crippen molar-refractivity contribution in [3.63, 3.8) is 0 Å². The van der Waals surface area contributed by atoms with Gasteiger partial charge in [0.2, 0.25) is 5.91 Å². The van der Waals surface area contributed by atoms with Crippen molar-refractivity contribution in [1.82, 2.24) is 10.6 Å². The van der Waals surface area contributed by atoms with Crippen LogP contribution in [0, 0.1) is 0 Å². The number of nitrogens with one attached hydrogen (secondary N) is 2. The molecule has 100 valence electrons. The first-order valence-electron chi connectivity index (χ1n) is 5.91. The molecule has 5 heteroatoms. The van der Waals surface area contributed by atoms with Gasteiger partial charge in [-0.1, -0.05) is 11.6 Å². The number of methoxy groups -OCH3 is 1. The fourth-order valence-electron chi connectivity index (χ4n) is 1.61. The van der Waals surface area contributed by atoms with Gasteiger partial charge in [-0.2, -0.15) is 0 Å². The molecule has 2 N–H and O–H groups in total. The monoisotopic (exact) mass is 270 g/mol. The summed E-state index contributed by atoms with van der Waals surface area (Å²) in [6.07, 6.45) is 1.19. The number of carbonyl (C=O) groups is 1. The second-order valence-corrected chi connectivity index (χ2v) is 4.38. The van der Waals surface area contributed by atoms with Gasteiger partial charge in [-0.15, -0.1) is 0 Å². The second-order valence-electron chi connectivity index (χ2n) is 3.94. The molecule has 0 aliphatic carbocycles. The molecule has 4 nitrogen and oxygen atoms in total. The Morgan fingerprint density at radius 2 is 2.17 bits per heavy atom. The predicted octanol–water partition coefficient (Wildman–Crippen LogP) is 1.62. The lowest BCUT2D eigenvalue weighted by Gasteiger charge is -2.09. The first-order valence-corrected chi connectivity index (χ1v) is 6.29. The third kappa shape index (κ3) is 4.94. The largest absolute Gasteiger partial charge is 0.496 e. The molecular weight excluding hydrogens is 252 g/mol. The first kappa shape index (κ1) is 14.8. The smallest absolute Gasteiger partial charge is 0.224 e. The van der Waals surface area contributed by atoms with Crippen LogP contribution in [0.25, 0.3) is 0 Å². The Morgan fingerprint density at radius 3 is 2.83 bits per heavy atom. The normalized spacial score (nSPS) is 10.2. The van der Waals surface area contributed by atoms with Crippen LogP contribution in [-0.2, 0) is 11.2 Å². The minimum Gasteiger partial charge on any atom is -0.496 e. The Morgan fingerprint density at radius 1 is 1.39 bits per heavy atom. The molecule has 18 heavy (non-hydrogen) atoms. The SMILES string of the molecule is CNCCCNC(=O)Cc1cc(Cl)ccc1OC. The number of rotatable bonds is 7. The van der Waals surface area contributed by atoms with Gasteiger partial charge in [-0.05, 0) is 38.2 Å². The molecule has 0 fully saturated rings. The summed E-state index contributed by atoms with van der Waals surface area (Å²) in [6, 6.07) is 5.27. The number of hydrogen-bond donors (Lipinski definition) is 2. The van der Waals surface area contributed by atoms with E-state index in [1.807, 2.05) is 7.05 Å². The summed E-state index contributed by atoms with van der Waals surface area (Å²) >= 11 is 5.91. The van der Waals surface area contributed by atoms with E-state index in [1.165, 1.54) is 0 Å². The molecule has 0 saturated heterocycles. The summed E-state index contributed by atoms with van der Waals surface area (Å²) in [6.45, 7) is 1.56. The molecule has 0 atom stereocenters. The van der Waals surface area contributed by atoms with E-state index in [-0.39, 0.29) is 12.3 Å². The molecule has 0 radical (unpaired) electrons. The van der Waals surface area contributed by atoms with Gasteiger partial charge in [0.15, 0.2) is 0 Å². The van der Waals surface area contributed by atoms with Crippen LogP contribution in [0.15, 0.2) is 18.2 Å². The lowest BCUT2D eigenvalue weighted by atomic mass is 10.1. The lowest BCUT2D eigenvalue weighted by Crippen LogP contribution is -2.28. The van der Waals surface area contributed by atoms with Crippen molar-refractivity contribution in [2.45, 2.75) is 12.8 Å². The minimum atomic E-state index is -0.0216. The van der Waals surface area contributed by atoms with Crippen molar-refractivity contribution in [3.8, 4) is 5.75 Å². The van der Waals surface area contributed by atoms with Gasteiger partial charge in [0, 0.05) is 17.1 Å². The van der Waals surface area contributed by atoms with E-state index in [2.05, 4.69) is 10.6 Å². The fourth-order valence-corrected chi connectivity index (χ4v) is 1.81. The summed E-state index contributed by atoms with van der Waals surface area (Å²) in [5, 5.41) is 6.49. The Labute approximate surface area is 113 Å². The Kier molecular flexibility index (Phi) is 6.54. The Hall–Kier alpha value is -1.26. The van der Waals surface area contributed by atoms with Gasteiger partial charge in [-0.25, -0.2) is 0 Å². The van der Waals surface area contributed by atoms with Crippen molar-refractivity contribution >= 4 is 17.5 Å². The zero-order chi connectivity index (χ0) is 13.4. The van der Waals surface area contributed by atoms with E-state index in [0.717, 1.165) is 18.5 Å². The number of carbonyl (C=O) groups excluding carboxylic acids is 1. The molecule has 0 spiro atoms. The minimum absolute atomic E-state index is 0.0216. The predicted molar refractivity (Wildman–Crippen MR) is 73.3 cm³/mol. The average molecular weight is 271 g/mol. The summed E-state index contributed by atoms with van der Waals surface area (Å²) in [5.41, 5.74) is 0.802. The Balaban J connectivity index is 2.50. The van der Waals surface area contributed by atoms with E-state index >= 15 is 0 Å². The molecule has 0 aliphatic heterocycles. The van der Waals surface area contributed by atoms with E-state index in [4.69, 9.17) is 16.3 Å². The van der Waals surface area contributed by atoms with Crippen LogP contribution in [0.2, 0.25) is 5.02 Å². The first-order chi connectivity index (χ1) is 8.67. The molecule has 0 aliphatic rings. The van der Waals surface area contributed by atoms with Crippen LogP contribution >= 0.6 is 11.6 Å². The number of halogens is 1. The summed E-state index contributed by atoms with van der Waals surface area (Å²) < 4.78 is 5.20. The van der Waals surface area contributed by atoms with E-state index < -0.39 is 0 Å². The highest BCUT2D eigenvalue weighted by Crippen LogP contribution is 2.22. The standard InChI is InChI=1S/C13H19ClN2O2/c1-15-6-3-7-16-13(17)9-10-8-11(14)4-5-12(10)18-2/h4-5,8,15H,3,6-7,9H2,1-2H3,(H,16,17). The lowest BCUT2D eigenvalue weighted by molar-refractivity contribution is -0.120. The van der Waals surface area contributed by atoms with Crippen LogP contribution in [0.5, 0.6) is 5.75 Å². The summed E-state index contributed by atoms with van der Waals surface area (Å²) in [5.74, 6) is 0.663. The molecule has 0 bridgehead atoms. The topological polar surface area (TPSA) is 50.4 Å². The maximum absolute atomic E-state index is 11.7. The number of amides is 1. The van der Waals surface area contributed by atoms with Gasteiger partial charge >= 0.3 is 0 Å². The van der Waals surface area contributed by atoms with Crippen molar-refractivity contribution in [3.05, 3.63) is 28.8 Å². The van der Waals surface area contributed by atoms with Gasteiger partial charge in [-0.3, -0.25) is 4.79 Å². The van der Waals surface area contributed by atoms with Gasteiger partial charge in [0.25, 0.3) is 0 Å². The number of benzene rings is 1. The van der Waals surface area contributed by atoms with Crippen LogP contribution in [0.1, 0.15) is 12.0 Å². The van der Waals surface area contributed by atoms with Crippen molar-refractivity contribution in [2.75, 3.05) is 27.2 Å². The molecular formula is C13H19ClN2O2. The molecule has 1 rings (SSSR count). The number of hydrogen-bond acceptors (Lipinski definition) is 3. The van der Waals surface area contributed by atoms with Crippen LogP contribution < -0.4 is 15.4 Å². The van der Waals surface area contributed by atoms with Gasteiger partial charge in [0.05, 0.1) is 13.5 Å². The van der Waals surface area contributed by atoms with E-state index in [0.29, 0.717) is 17.3 Å². The third-order valence-corrected chi connectivity index (χ3v) is 2.75. The molecule has 1 aromatic rings. The van der Waals surface area contributed by atoms with Crippen LogP contribution in [0.3, 0.4) is 0 Å². The van der Waals surface area contributed by atoms with Gasteiger partial charge < -0.3 is 15.4 Å². The third-order valence-electron chi connectivity index (χ3n) is 2.52. The molecule has 0 unspecified atom stereocenters. The quantitative estimate of drug-likeness (QED) is 0.741. The summed E-state index contributed by atoms with van der Waals surface area (Å²) in [7, 11) is 3.47. The fraction of sp³-hybridized carbons (Fsp3) is 0.462. The second kappa shape index (κ2) is 7.95. The Bertz CT molecular complexity index is 397. The van der Waals surface area contributed by atoms with Gasteiger partial charge in [0.1, 0.15) is 5.75 Å². The van der Waals surface area contributed by atoms with Crippen LogP contribution in [-0.4, -0.2) is 33.2 Å². The van der Waals surface area contributed by atoms with Crippen molar-refractivity contribution in [1.29, 1.82) is 0 Å². The highest BCUT2D eigenvalue weighted by Gasteiger charge is 2.08. The zero-order valence-corrected chi connectivity index (χ0v) is 11.5. The average Bonchev–Trinajstić information content (AvgIpc) is 2.35.